The van der Waals surface area contributed by atoms with Crippen LogP contribution >= 0.6 is 23.2 Å². The van der Waals surface area contributed by atoms with Gasteiger partial charge in [-0.25, -0.2) is 0 Å². The molecule has 1 unspecified atom stereocenters. The Labute approximate surface area is 161 Å². The second kappa shape index (κ2) is 8.57. The third kappa shape index (κ3) is 4.68. The van der Waals surface area contributed by atoms with E-state index >= 15 is 0 Å². The minimum Gasteiger partial charge on any atom is -0.489 e. The highest BCUT2D eigenvalue weighted by atomic mass is 35.5. The van der Waals surface area contributed by atoms with Crippen LogP contribution in [0.2, 0.25) is 10.0 Å². The molecule has 0 bridgehead atoms. The van der Waals surface area contributed by atoms with Crippen LogP contribution in [0.4, 0.5) is 0 Å². The van der Waals surface area contributed by atoms with Crippen LogP contribution in [0.1, 0.15) is 23.7 Å². The molecule has 7 heteroatoms. The van der Waals surface area contributed by atoms with Crippen LogP contribution in [0.3, 0.4) is 0 Å². The third-order valence-electron chi connectivity index (χ3n) is 4.29. The maximum atomic E-state index is 10.2. The van der Waals surface area contributed by atoms with Crippen molar-refractivity contribution in [1.29, 1.82) is 0 Å². The van der Waals surface area contributed by atoms with Crippen molar-refractivity contribution in [3.8, 4) is 5.75 Å². The predicted octanol–water partition coefficient (Wildman–Crippen LogP) is 3.12. The van der Waals surface area contributed by atoms with Gasteiger partial charge in [0.2, 0.25) is 0 Å². The van der Waals surface area contributed by atoms with E-state index in [1.165, 1.54) is 0 Å². The Morgan fingerprint density at radius 2 is 1.69 bits per heavy atom. The van der Waals surface area contributed by atoms with Gasteiger partial charge in [-0.1, -0.05) is 35.3 Å². The van der Waals surface area contributed by atoms with E-state index in [4.69, 9.17) is 32.7 Å². The minimum atomic E-state index is -1.04. The van der Waals surface area contributed by atoms with Crippen molar-refractivity contribution >= 4 is 23.2 Å². The molecule has 26 heavy (non-hydrogen) atoms. The fourth-order valence-electron chi connectivity index (χ4n) is 2.96. The van der Waals surface area contributed by atoms with Crippen LogP contribution in [-0.4, -0.2) is 40.2 Å². The molecule has 2 aromatic rings. The smallest absolute Gasteiger partial charge is 0.119 e. The molecule has 0 aromatic heterocycles. The Hall–Kier alpha value is -1.34. The minimum absolute atomic E-state index is 0.205. The highest BCUT2D eigenvalue weighted by molar-refractivity contribution is 6.34. The van der Waals surface area contributed by atoms with E-state index in [0.717, 1.165) is 5.56 Å². The Morgan fingerprint density at radius 1 is 1.04 bits per heavy atom. The van der Waals surface area contributed by atoms with Gasteiger partial charge in [-0.3, -0.25) is 0 Å². The first-order valence-electron chi connectivity index (χ1n) is 8.26. The number of benzene rings is 2. The van der Waals surface area contributed by atoms with Crippen LogP contribution in [-0.2, 0) is 11.3 Å². The van der Waals surface area contributed by atoms with Gasteiger partial charge in [0.25, 0.3) is 0 Å². The van der Waals surface area contributed by atoms with E-state index in [9.17, 15) is 15.3 Å². The average Bonchev–Trinajstić information content (AvgIpc) is 2.62. The summed E-state index contributed by atoms with van der Waals surface area (Å²) in [5, 5.41) is 30.5. The summed E-state index contributed by atoms with van der Waals surface area (Å²) >= 11 is 11.9. The topological polar surface area (TPSA) is 79.2 Å². The summed E-state index contributed by atoms with van der Waals surface area (Å²) in [6.45, 7) is 0.108. The molecule has 3 N–H and O–H groups in total. The third-order valence-corrected chi connectivity index (χ3v) is 4.72. The zero-order valence-corrected chi connectivity index (χ0v) is 15.4. The SMILES string of the molecule is OC[C@@H]1C[C@H](O)[C@H](O)C(c2ccc(OCc3cc(Cl)cc(Cl)c3)cc2)O1. The molecule has 0 aliphatic carbocycles. The Bertz CT molecular complexity index is 717. The summed E-state index contributed by atoms with van der Waals surface area (Å²) in [6.07, 6.45) is -2.97. The number of hydrogen-bond acceptors (Lipinski definition) is 5. The fraction of sp³-hybridized carbons (Fsp3) is 0.368. The lowest BCUT2D eigenvalue weighted by molar-refractivity contribution is -0.179. The second-order valence-electron chi connectivity index (χ2n) is 6.29. The molecule has 0 radical (unpaired) electrons. The van der Waals surface area contributed by atoms with Gasteiger partial charge in [-0.2, -0.15) is 0 Å². The van der Waals surface area contributed by atoms with E-state index in [-0.39, 0.29) is 13.0 Å². The van der Waals surface area contributed by atoms with Gasteiger partial charge < -0.3 is 24.8 Å². The Kier molecular flexibility index (Phi) is 6.40. The molecule has 0 amide bonds. The van der Waals surface area contributed by atoms with Gasteiger partial charge >= 0.3 is 0 Å². The van der Waals surface area contributed by atoms with Gasteiger partial charge in [0.1, 0.15) is 24.6 Å². The summed E-state index contributed by atoms with van der Waals surface area (Å²) in [5.41, 5.74) is 1.55. The molecule has 1 heterocycles. The summed E-state index contributed by atoms with van der Waals surface area (Å²) < 4.78 is 11.4. The molecular weight excluding hydrogens is 379 g/mol. The van der Waals surface area contributed by atoms with Crippen molar-refractivity contribution in [3.63, 3.8) is 0 Å². The molecule has 3 rings (SSSR count). The van der Waals surface area contributed by atoms with Crippen LogP contribution in [0.15, 0.2) is 42.5 Å². The number of ether oxygens (including phenoxy) is 2. The standard InChI is InChI=1S/C19H20Cl2O5/c20-13-5-11(6-14(21)7-13)10-25-15-3-1-12(2-4-15)19-18(24)17(23)8-16(9-22)26-19/h1-7,16-19,22-24H,8-10H2/t16-,17-,18-,19?/m0/s1. The first-order chi connectivity index (χ1) is 12.5. The predicted molar refractivity (Wildman–Crippen MR) is 98.6 cm³/mol. The van der Waals surface area contributed by atoms with Gasteiger partial charge in [0.05, 0.1) is 18.8 Å². The van der Waals surface area contributed by atoms with E-state index in [1.807, 2.05) is 0 Å². The quantitative estimate of drug-likeness (QED) is 0.720. The summed E-state index contributed by atoms with van der Waals surface area (Å²) in [7, 11) is 0. The highest BCUT2D eigenvalue weighted by Gasteiger charge is 2.37. The molecule has 0 saturated carbocycles. The highest BCUT2D eigenvalue weighted by Crippen LogP contribution is 2.32. The monoisotopic (exact) mass is 398 g/mol. The van der Waals surface area contributed by atoms with Crippen molar-refractivity contribution < 1.29 is 24.8 Å². The lowest BCUT2D eigenvalue weighted by Gasteiger charge is -2.36. The molecule has 0 spiro atoms. The number of halogens is 2. The van der Waals surface area contributed by atoms with Crippen molar-refractivity contribution in [2.24, 2.45) is 0 Å². The normalized spacial score (nSPS) is 25.9. The van der Waals surface area contributed by atoms with Crippen molar-refractivity contribution in [1.82, 2.24) is 0 Å². The van der Waals surface area contributed by atoms with Crippen LogP contribution < -0.4 is 4.74 Å². The first-order valence-corrected chi connectivity index (χ1v) is 9.02. The van der Waals surface area contributed by atoms with E-state index < -0.39 is 24.4 Å². The maximum absolute atomic E-state index is 10.2. The molecule has 140 valence electrons. The molecule has 5 nitrogen and oxygen atoms in total. The van der Waals surface area contributed by atoms with Crippen LogP contribution in [0.5, 0.6) is 5.75 Å². The summed E-state index contributed by atoms with van der Waals surface area (Å²) in [4.78, 5) is 0. The van der Waals surface area contributed by atoms with Crippen molar-refractivity contribution in [2.45, 2.75) is 37.4 Å². The van der Waals surface area contributed by atoms with Crippen molar-refractivity contribution in [2.75, 3.05) is 6.61 Å². The van der Waals surface area contributed by atoms with E-state index in [0.29, 0.717) is 28.0 Å². The van der Waals surface area contributed by atoms with Gasteiger partial charge in [0, 0.05) is 16.5 Å². The molecule has 2 aromatic carbocycles. The lowest BCUT2D eigenvalue weighted by atomic mass is 9.93. The Morgan fingerprint density at radius 3 is 2.31 bits per heavy atom. The van der Waals surface area contributed by atoms with Gasteiger partial charge in [-0.15, -0.1) is 0 Å². The maximum Gasteiger partial charge on any atom is 0.119 e. The molecule has 1 aliphatic rings. The molecular formula is C19H20Cl2O5. The van der Waals surface area contributed by atoms with Crippen molar-refractivity contribution in [3.05, 3.63) is 63.6 Å². The zero-order chi connectivity index (χ0) is 18.7. The molecule has 1 saturated heterocycles. The molecule has 1 fully saturated rings. The lowest BCUT2D eigenvalue weighted by Crippen LogP contribution is -2.44. The fourth-order valence-corrected chi connectivity index (χ4v) is 3.53. The van der Waals surface area contributed by atoms with Gasteiger partial charge in [-0.05, 0) is 41.5 Å². The summed E-state index contributed by atoms with van der Waals surface area (Å²) in [5.74, 6) is 0.634. The van der Waals surface area contributed by atoms with Crippen LogP contribution in [0.25, 0.3) is 0 Å². The largest absolute Gasteiger partial charge is 0.489 e. The Balaban J connectivity index is 1.66. The zero-order valence-electron chi connectivity index (χ0n) is 13.9. The molecule has 1 aliphatic heterocycles. The second-order valence-corrected chi connectivity index (χ2v) is 7.16. The van der Waals surface area contributed by atoms with Crippen LogP contribution in [0, 0.1) is 0 Å². The number of hydrogen-bond donors (Lipinski definition) is 3. The number of aliphatic hydroxyl groups is 3. The van der Waals surface area contributed by atoms with E-state index in [1.54, 1.807) is 42.5 Å². The number of aliphatic hydroxyl groups excluding tert-OH is 3. The summed E-state index contributed by atoms with van der Waals surface area (Å²) in [6, 6.07) is 12.3. The first kappa shape index (κ1) is 19.4. The molecule has 4 atom stereocenters. The number of rotatable bonds is 5. The van der Waals surface area contributed by atoms with E-state index in [2.05, 4.69) is 0 Å². The average molecular weight is 399 g/mol. The van der Waals surface area contributed by atoms with Gasteiger partial charge in [0.15, 0.2) is 0 Å².